The molecule has 1 aromatic rings. The van der Waals surface area contributed by atoms with Gasteiger partial charge in [0.1, 0.15) is 6.07 Å². The maximum atomic E-state index is 12.0. The SMILES string of the molecule is CC1(C)CN(CCC(=O)Nc2ccccc2C#N)CCS1. The second kappa shape index (κ2) is 6.97. The molecular formula is C16H21N3OS. The summed E-state index contributed by atoms with van der Waals surface area (Å²) in [6, 6.07) is 9.17. The molecule has 0 aromatic heterocycles. The molecule has 0 bridgehead atoms. The fraction of sp³-hybridized carbons (Fsp3) is 0.500. The number of benzene rings is 1. The summed E-state index contributed by atoms with van der Waals surface area (Å²) in [5, 5.41) is 11.8. The molecule has 1 aliphatic rings. The van der Waals surface area contributed by atoms with Crippen molar-refractivity contribution in [3.05, 3.63) is 29.8 Å². The van der Waals surface area contributed by atoms with Crippen LogP contribution in [0.2, 0.25) is 0 Å². The van der Waals surface area contributed by atoms with E-state index in [-0.39, 0.29) is 10.7 Å². The van der Waals surface area contributed by atoms with Gasteiger partial charge in [0.15, 0.2) is 0 Å². The summed E-state index contributed by atoms with van der Waals surface area (Å²) in [6.45, 7) is 7.31. The largest absolute Gasteiger partial charge is 0.325 e. The van der Waals surface area contributed by atoms with E-state index in [4.69, 9.17) is 5.26 Å². The van der Waals surface area contributed by atoms with E-state index in [0.29, 0.717) is 17.7 Å². The molecule has 1 N–H and O–H groups in total. The summed E-state index contributed by atoms with van der Waals surface area (Å²) in [4.78, 5) is 14.4. The minimum atomic E-state index is -0.0336. The highest BCUT2D eigenvalue weighted by Crippen LogP contribution is 2.29. The fourth-order valence-electron chi connectivity index (χ4n) is 2.47. The van der Waals surface area contributed by atoms with Gasteiger partial charge in [0, 0.05) is 36.6 Å². The van der Waals surface area contributed by atoms with E-state index in [0.717, 1.165) is 25.4 Å². The van der Waals surface area contributed by atoms with Crippen molar-refractivity contribution in [1.29, 1.82) is 5.26 Å². The second-order valence-electron chi connectivity index (χ2n) is 5.84. The van der Waals surface area contributed by atoms with Crippen molar-refractivity contribution in [2.24, 2.45) is 0 Å². The van der Waals surface area contributed by atoms with Crippen molar-refractivity contribution in [3.8, 4) is 6.07 Å². The zero-order valence-electron chi connectivity index (χ0n) is 12.6. The van der Waals surface area contributed by atoms with Crippen LogP contribution in [-0.4, -0.2) is 40.9 Å². The molecule has 1 saturated heterocycles. The van der Waals surface area contributed by atoms with Crippen LogP contribution < -0.4 is 5.32 Å². The first-order valence-electron chi connectivity index (χ1n) is 7.15. The van der Waals surface area contributed by atoms with E-state index in [9.17, 15) is 4.79 Å². The monoisotopic (exact) mass is 303 g/mol. The molecule has 1 heterocycles. The topological polar surface area (TPSA) is 56.1 Å². The first-order chi connectivity index (χ1) is 10.00. The molecule has 1 amide bonds. The van der Waals surface area contributed by atoms with Gasteiger partial charge in [-0.1, -0.05) is 12.1 Å². The number of thioether (sulfide) groups is 1. The third kappa shape index (κ3) is 4.76. The molecular weight excluding hydrogens is 282 g/mol. The maximum absolute atomic E-state index is 12.0. The first kappa shape index (κ1) is 15.9. The Balaban J connectivity index is 1.84. The Labute approximate surface area is 130 Å². The number of para-hydroxylation sites is 1. The number of anilines is 1. The van der Waals surface area contributed by atoms with E-state index in [1.165, 1.54) is 0 Å². The molecule has 112 valence electrons. The number of amides is 1. The molecule has 1 aromatic carbocycles. The maximum Gasteiger partial charge on any atom is 0.225 e. The molecule has 2 rings (SSSR count). The lowest BCUT2D eigenvalue weighted by Gasteiger charge is -2.37. The predicted molar refractivity (Wildman–Crippen MR) is 87.4 cm³/mol. The molecule has 0 aliphatic carbocycles. The smallest absolute Gasteiger partial charge is 0.225 e. The van der Waals surface area contributed by atoms with Gasteiger partial charge in [-0.3, -0.25) is 4.79 Å². The first-order valence-corrected chi connectivity index (χ1v) is 8.14. The number of carbonyl (C=O) groups is 1. The van der Waals surface area contributed by atoms with Crippen molar-refractivity contribution in [1.82, 2.24) is 4.90 Å². The second-order valence-corrected chi connectivity index (χ2v) is 7.64. The van der Waals surface area contributed by atoms with Crippen LogP contribution in [-0.2, 0) is 4.79 Å². The molecule has 1 aliphatic heterocycles. The normalized spacial score (nSPS) is 18.0. The van der Waals surface area contributed by atoms with Gasteiger partial charge in [0.25, 0.3) is 0 Å². The molecule has 4 nitrogen and oxygen atoms in total. The fourth-order valence-corrected chi connectivity index (χ4v) is 3.64. The number of carbonyl (C=O) groups excluding carboxylic acids is 1. The summed E-state index contributed by atoms with van der Waals surface area (Å²) < 4.78 is 0.266. The third-order valence-corrected chi connectivity index (χ3v) is 4.78. The standard InChI is InChI=1S/C16H21N3OS/c1-16(2)12-19(9-10-21-16)8-7-15(20)18-14-6-4-3-5-13(14)11-17/h3-6H,7-10,12H2,1-2H3,(H,18,20). The van der Waals surface area contributed by atoms with Crippen molar-refractivity contribution in [2.75, 3.05) is 30.7 Å². The zero-order chi connectivity index (χ0) is 15.3. The van der Waals surface area contributed by atoms with Crippen LogP contribution in [0.3, 0.4) is 0 Å². The highest BCUT2D eigenvalue weighted by atomic mass is 32.2. The van der Waals surface area contributed by atoms with Crippen LogP contribution in [0, 0.1) is 11.3 Å². The van der Waals surface area contributed by atoms with E-state index in [1.807, 2.05) is 17.8 Å². The highest BCUT2D eigenvalue weighted by Gasteiger charge is 2.26. The van der Waals surface area contributed by atoms with Gasteiger partial charge < -0.3 is 10.2 Å². The average molecular weight is 303 g/mol. The molecule has 1 fully saturated rings. The van der Waals surface area contributed by atoms with Gasteiger partial charge in [-0.15, -0.1) is 0 Å². The van der Waals surface area contributed by atoms with Crippen LogP contribution >= 0.6 is 11.8 Å². The Morgan fingerprint density at radius 2 is 2.24 bits per heavy atom. The summed E-state index contributed by atoms with van der Waals surface area (Å²) in [7, 11) is 0. The number of nitrogens with zero attached hydrogens (tertiary/aromatic N) is 2. The van der Waals surface area contributed by atoms with Crippen molar-refractivity contribution < 1.29 is 4.79 Å². The van der Waals surface area contributed by atoms with Gasteiger partial charge in [-0.2, -0.15) is 17.0 Å². The van der Waals surface area contributed by atoms with Crippen LogP contribution in [0.4, 0.5) is 5.69 Å². The van der Waals surface area contributed by atoms with Gasteiger partial charge in [0.05, 0.1) is 11.3 Å². The van der Waals surface area contributed by atoms with Gasteiger partial charge in [0.2, 0.25) is 5.91 Å². The molecule has 21 heavy (non-hydrogen) atoms. The molecule has 0 atom stereocenters. The van der Waals surface area contributed by atoms with Gasteiger partial charge >= 0.3 is 0 Å². The quantitative estimate of drug-likeness (QED) is 0.929. The van der Waals surface area contributed by atoms with E-state index in [2.05, 4.69) is 30.1 Å². The van der Waals surface area contributed by atoms with Crippen molar-refractivity contribution in [2.45, 2.75) is 25.0 Å². The molecule has 5 heteroatoms. The molecule has 0 radical (unpaired) electrons. The van der Waals surface area contributed by atoms with Crippen LogP contribution in [0.5, 0.6) is 0 Å². The molecule has 0 unspecified atom stereocenters. The zero-order valence-corrected chi connectivity index (χ0v) is 13.4. The van der Waals surface area contributed by atoms with Crippen LogP contribution in [0.25, 0.3) is 0 Å². The van der Waals surface area contributed by atoms with E-state index in [1.54, 1.807) is 18.2 Å². The van der Waals surface area contributed by atoms with Crippen molar-refractivity contribution in [3.63, 3.8) is 0 Å². The van der Waals surface area contributed by atoms with Gasteiger partial charge in [-0.25, -0.2) is 0 Å². The summed E-state index contributed by atoms with van der Waals surface area (Å²) in [5.74, 6) is 1.08. The number of nitriles is 1. The summed E-state index contributed by atoms with van der Waals surface area (Å²) in [5.41, 5.74) is 1.10. The molecule has 0 spiro atoms. The lowest BCUT2D eigenvalue weighted by Crippen LogP contribution is -2.44. The Morgan fingerprint density at radius 3 is 2.95 bits per heavy atom. The Bertz CT molecular complexity index is 551. The summed E-state index contributed by atoms with van der Waals surface area (Å²) in [6.07, 6.45) is 0.459. The minimum Gasteiger partial charge on any atom is -0.325 e. The van der Waals surface area contributed by atoms with Crippen molar-refractivity contribution >= 4 is 23.4 Å². The lowest BCUT2D eigenvalue weighted by atomic mass is 10.1. The summed E-state index contributed by atoms with van der Waals surface area (Å²) >= 11 is 1.99. The number of hydrogen-bond donors (Lipinski definition) is 1. The molecule has 0 saturated carbocycles. The van der Waals surface area contributed by atoms with Crippen LogP contribution in [0.15, 0.2) is 24.3 Å². The number of rotatable bonds is 4. The van der Waals surface area contributed by atoms with E-state index < -0.39 is 0 Å². The Kier molecular flexibility index (Phi) is 5.27. The predicted octanol–water partition coefficient (Wildman–Crippen LogP) is 2.71. The Morgan fingerprint density at radius 1 is 1.48 bits per heavy atom. The minimum absolute atomic E-state index is 0.0336. The highest BCUT2D eigenvalue weighted by molar-refractivity contribution is 8.00. The van der Waals surface area contributed by atoms with E-state index >= 15 is 0 Å². The third-order valence-electron chi connectivity index (χ3n) is 3.48. The average Bonchev–Trinajstić information content (AvgIpc) is 2.45. The van der Waals surface area contributed by atoms with Gasteiger partial charge in [-0.05, 0) is 26.0 Å². The Hall–Kier alpha value is -1.51. The lowest BCUT2D eigenvalue weighted by molar-refractivity contribution is -0.116. The number of hydrogen-bond acceptors (Lipinski definition) is 4. The van der Waals surface area contributed by atoms with Crippen LogP contribution in [0.1, 0.15) is 25.8 Å². The number of nitrogens with one attached hydrogen (secondary N) is 1.